The lowest BCUT2D eigenvalue weighted by Crippen LogP contribution is -2.22. The summed E-state index contributed by atoms with van der Waals surface area (Å²) in [6, 6.07) is 2.31. The van der Waals surface area contributed by atoms with E-state index < -0.39 is 23.8 Å². The summed E-state index contributed by atoms with van der Waals surface area (Å²) in [4.78, 5) is 10.7. The van der Waals surface area contributed by atoms with Crippen LogP contribution in [0.2, 0.25) is 0 Å². The van der Waals surface area contributed by atoms with Crippen molar-refractivity contribution in [2.45, 2.75) is 6.10 Å². The molecule has 0 aliphatic carbocycles. The van der Waals surface area contributed by atoms with E-state index in [0.29, 0.717) is 4.47 Å². The van der Waals surface area contributed by atoms with Gasteiger partial charge in [0.2, 0.25) is 5.82 Å². The van der Waals surface area contributed by atoms with Crippen molar-refractivity contribution in [3.8, 4) is 5.75 Å². The quantitative estimate of drug-likeness (QED) is 0.871. The summed E-state index contributed by atoms with van der Waals surface area (Å²) in [5, 5.41) is 2.43. The molecule has 7 heteroatoms. The minimum Gasteiger partial charge on any atom is -0.486 e. The predicted molar refractivity (Wildman–Crippen MR) is 57.8 cm³/mol. The van der Waals surface area contributed by atoms with Crippen molar-refractivity contribution in [2.24, 2.45) is 0 Å². The van der Waals surface area contributed by atoms with Crippen LogP contribution in [0.1, 0.15) is 0 Å². The van der Waals surface area contributed by atoms with Crippen LogP contribution < -0.4 is 10.1 Å². The first kappa shape index (κ1) is 12.1. The van der Waals surface area contributed by atoms with Crippen LogP contribution in [0.25, 0.3) is 0 Å². The van der Waals surface area contributed by atoms with Gasteiger partial charge in [0, 0.05) is 4.47 Å². The van der Waals surface area contributed by atoms with Gasteiger partial charge in [0.15, 0.2) is 17.7 Å². The Hall–Kier alpha value is -1.37. The molecule has 1 saturated heterocycles. The third-order valence-electron chi connectivity index (χ3n) is 2.13. The number of rotatable bonds is 3. The largest absolute Gasteiger partial charge is 0.486 e. The predicted octanol–water partition coefficient (Wildman–Crippen LogP) is 2.21. The second-order valence-electron chi connectivity index (χ2n) is 3.42. The van der Waals surface area contributed by atoms with Crippen LogP contribution in [0, 0.1) is 11.6 Å². The molecule has 0 aromatic heterocycles. The molecular weight excluding hydrogens is 300 g/mol. The highest BCUT2D eigenvalue weighted by Gasteiger charge is 2.23. The SMILES string of the molecule is O=C1NCC(COc2cc(Br)cc(F)c2F)O1. The van der Waals surface area contributed by atoms with Gasteiger partial charge in [0.05, 0.1) is 6.54 Å². The van der Waals surface area contributed by atoms with Crippen LogP contribution in [0.15, 0.2) is 16.6 Å². The summed E-state index contributed by atoms with van der Waals surface area (Å²) >= 11 is 3.03. The molecule has 1 aliphatic rings. The van der Waals surface area contributed by atoms with Crippen molar-refractivity contribution >= 4 is 22.0 Å². The van der Waals surface area contributed by atoms with Crippen molar-refractivity contribution < 1.29 is 23.0 Å². The summed E-state index contributed by atoms with van der Waals surface area (Å²) in [6.07, 6.45) is -1.04. The van der Waals surface area contributed by atoms with Gasteiger partial charge < -0.3 is 14.8 Å². The Kier molecular flexibility index (Phi) is 3.46. The number of hydrogen-bond acceptors (Lipinski definition) is 3. The topological polar surface area (TPSA) is 47.6 Å². The van der Waals surface area contributed by atoms with E-state index in [1.165, 1.54) is 6.07 Å². The molecule has 1 fully saturated rings. The normalized spacial score (nSPS) is 18.8. The Morgan fingerprint density at radius 3 is 2.94 bits per heavy atom. The van der Waals surface area contributed by atoms with Crippen molar-refractivity contribution in [1.29, 1.82) is 0 Å². The molecule has 1 aliphatic heterocycles. The van der Waals surface area contributed by atoms with E-state index in [1.807, 2.05) is 0 Å². The van der Waals surface area contributed by atoms with Crippen LogP contribution in [0.5, 0.6) is 5.75 Å². The molecule has 4 nitrogen and oxygen atoms in total. The number of amides is 1. The Morgan fingerprint density at radius 1 is 1.53 bits per heavy atom. The van der Waals surface area contributed by atoms with Crippen LogP contribution in [0.3, 0.4) is 0 Å². The first-order chi connectivity index (χ1) is 8.06. The minimum atomic E-state index is -1.06. The lowest BCUT2D eigenvalue weighted by molar-refractivity contribution is 0.103. The summed E-state index contributed by atoms with van der Waals surface area (Å²) < 4.78 is 36.5. The van der Waals surface area contributed by atoms with Gasteiger partial charge in [-0.05, 0) is 12.1 Å². The molecule has 1 amide bonds. The maximum absolute atomic E-state index is 13.3. The second-order valence-corrected chi connectivity index (χ2v) is 4.33. The van der Waals surface area contributed by atoms with Crippen LogP contribution in [-0.2, 0) is 4.74 Å². The number of benzene rings is 1. The Labute approximate surface area is 104 Å². The van der Waals surface area contributed by atoms with E-state index in [-0.39, 0.29) is 18.9 Å². The van der Waals surface area contributed by atoms with Gasteiger partial charge in [-0.2, -0.15) is 4.39 Å². The monoisotopic (exact) mass is 307 g/mol. The molecule has 1 unspecified atom stereocenters. The van der Waals surface area contributed by atoms with E-state index in [9.17, 15) is 13.6 Å². The number of alkyl carbamates (subject to hydrolysis) is 1. The van der Waals surface area contributed by atoms with Crippen molar-refractivity contribution in [2.75, 3.05) is 13.2 Å². The number of carbonyl (C=O) groups is 1. The van der Waals surface area contributed by atoms with E-state index in [0.717, 1.165) is 6.07 Å². The number of carbonyl (C=O) groups excluding carboxylic acids is 1. The second kappa shape index (κ2) is 4.87. The molecule has 1 aromatic carbocycles. The maximum Gasteiger partial charge on any atom is 0.407 e. The van der Waals surface area contributed by atoms with Gasteiger partial charge in [-0.1, -0.05) is 15.9 Å². The third kappa shape index (κ3) is 2.85. The lowest BCUT2D eigenvalue weighted by atomic mass is 10.3. The van der Waals surface area contributed by atoms with E-state index in [2.05, 4.69) is 21.2 Å². The minimum absolute atomic E-state index is 0.0362. The van der Waals surface area contributed by atoms with Gasteiger partial charge in [0.1, 0.15) is 6.61 Å². The molecule has 1 N–H and O–H groups in total. The molecule has 17 heavy (non-hydrogen) atoms. The zero-order chi connectivity index (χ0) is 12.4. The Bertz CT molecular complexity index is 455. The lowest BCUT2D eigenvalue weighted by Gasteiger charge is -2.11. The standard InChI is InChI=1S/C10H8BrF2NO3/c11-5-1-7(12)9(13)8(2-5)16-4-6-3-14-10(15)17-6/h1-2,6H,3-4H2,(H,14,15). The molecule has 1 aromatic rings. The van der Waals surface area contributed by atoms with Crippen molar-refractivity contribution in [1.82, 2.24) is 5.32 Å². The number of nitrogens with one attached hydrogen (secondary N) is 1. The van der Waals surface area contributed by atoms with Gasteiger partial charge in [-0.25, -0.2) is 9.18 Å². The average Bonchev–Trinajstić information content (AvgIpc) is 2.67. The molecule has 0 radical (unpaired) electrons. The molecular formula is C10H8BrF2NO3. The molecule has 0 bridgehead atoms. The van der Waals surface area contributed by atoms with Gasteiger partial charge in [0.25, 0.3) is 0 Å². The average molecular weight is 308 g/mol. The summed E-state index contributed by atoms with van der Waals surface area (Å²) in [7, 11) is 0. The zero-order valence-corrected chi connectivity index (χ0v) is 10.1. The molecule has 0 saturated carbocycles. The number of hydrogen-bond donors (Lipinski definition) is 1. The smallest absolute Gasteiger partial charge is 0.407 e. The Morgan fingerprint density at radius 2 is 2.29 bits per heavy atom. The van der Waals surface area contributed by atoms with E-state index in [1.54, 1.807) is 0 Å². The first-order valence-corrected chi connectivity index (χ1v) is 5.57. The fraction of sp³-hybridized carbons (Fsp3) is 0.300. The fourth-order valence-electron chi connectivity index (χ4n) is 1.34. The number of halogens is 3. The molecule has 0 spiro atoms. The van der Waals surface area contributed by atoms with Crippen LogP contribution in [-0.4, -0.2) is 25.3 Å². The van der Waals surface area contributed by atoms with Crippen molar-refractivity contribution in [3.63, 3.8) is 0 Å². The number of ether oxygens (including phenoxy) is 2. The van der Waals surface area contributed by atoms with Crippen LogP contribution in [0.4, 0.5) is 13.6 Å². The van der Waals surface area contributed by atoms with Crippen LogP contribution >= 0.6 is 15.9 Å². The highest BCUT2D eigenvalue weighted by molar-refractivity contribution is 9.10. The van der Waals surface area contributed by atoms with Gasteiger partial charge in [-0.3, -0.25) is 0 Å². The summed E-state index contributed by atoms with van der Waals surface area (Å²) in [5.41, 5.74) is 0. The van der Waals surface area contributed by atoms with E-state index >= 15 is 0 Å². The third-order valence-corrected chi connectivity index (χ3v) is 2.59. The Balaban J connectivity index is 2.01. The highest BCUT2D eigenvalue weighted by atomic mass is 79.9. The molecule has 92 valence electrons. The molecule has 1 heterocycles. The summed E-state index contributed by atoms with van der Waals surface area (Å²) in [6.45, 7) is 0.252. The van der Waals surface area contributed by atoms with Crippen molar-refractivity contribution in [3.05, 3.63) is 28.2 Å². The number of cyclic esters (lactones) is 1. The van der Waals surface area contributed by atoms with Gasteiger partial charge >= 0.3 is 6.09 Å². The fourth-order valence-corrected chi connectivity index (χ4v) is 1.75. The first-order valence-electron chi connectivity index (χ1n) is 4.78. The highest BCUT2D eigenvalue weighted by Crippen LogP contribution is 2.25. The zero-order valence-electron chi connectivity index (χ0n) is 8.50. The summed E-state index contributed by atoms with van der Waals surface area (Å²) in [5.74, 6) is -2.29. The maximum atomic E-state index is 13.3. The van der Waals surface area contributed by atoms with E-state index in [4.69, 9.17) is 9.47 Å². The molecule has 2 rings (SSSR count). The molecule has 1 atom stereocenters. The van der Waals surface area contributed by atoms with Gasteiger partial charge in [-0.15, -0.1) is 0 Å².